The Morgan fingerprint density at radius 3 is 2.71 bits per heavy atom. The molecule has 21 heavy (non-hydrogen) atoms. The number of nitrogens with zero attached hydrogens (tertiary/aromatic N) is 4. The monoisotopic (exact) mass is 313 g/mol. The zero-order chi connectivity index (χ0) is 14.1. The van der Waals surface area contributed by atoms with E-state index in [-0.39, 0.29) is 18.4 Å². The summed E-state index contributed by atoms with van der Waals surface area (Å²) in [5.41, 5.74) is 2.27. The molecule has 0 aromatic carbocycles. The number of rotatable bonds is 4. The van der Waals surface area contributed by atoms with Crippen LogP contribution in [-0.4, -0.2) is 19.6 Å². The van der Waals surface area contributed by atoms with Crippen LogP contribution in [0.15, 0.2) is 12.4 Å². The number of halogens is 2. The first-order valence-corrected chi connectivity index (χ1v) is 7.11. The average Bonchev–Trinajstić information content (AvgIpc) is 3.12. The highest BCUT2D eigenvalue weighted by Gasteiger charge is 2.18. The lowest BCUT2D eigenvalue weighted by Crippen LogP contribution is -2.05. The van der Waals surface area contributed by atoms with Gasteiger partial charge in [-0.25, -0.2) is 4.68 Å². The minimum Gasteiger partial charge on any atom is -0.378 e. The van der Waals surface area contributed by atoms with E-state index in [1.54, 1.807) is 7.05 Å². The summed E-state index contributed by atoms with van der Waals surface area (Å²) in [6.07, 6.45) is 8.80. The summed E-state index contributed by atoms with van der Waals surface area (Å²) >= 11 is 0. The molecule has 2 aromatic heterocycles. The number of nitrogens with one attached hydrogen (secondary N) is 1. The van der Waals surface area contributed by atoms with Gasteiger partial charge in [-0.05, 0) is 19.8 Å². The van der Waals surface area contributed by atoms with E-state index in [9.17, 15) is 4.39 Å². The number of anilines is 1. The summed E-state index contributed by atoms with van der Waals surface area (Å²) < 4.78 is 17.1. The molecule has 1 aliphatic carbocycles. The third-order valence-corrected chi connectivity index (χ3v) is 4.04. The van der Waals surface area contributed by atoms with Crippen LogP contribution >= 0.6 is 12.4 Å². The number of hydrogen-bond acceptors (Lipinski definition) is 3. The van der Waals surface area contributed by atoms with Gasteiger partial charge in [0, 0.05) is 25.4 Å². The smallest absolute Gasteiger partial charge is 0.216 e. The number of aryl methyl sites for hydroxylation is 2. The lowest BCUT2D eigenvalue weighted by Gasteiger charge is -2.08. The van der Waals surface area contributed by atoms with Crippen molar-refractivity contribution in [2.75, 3.05) is 5.32 Å². The second-order valence-corrected chi connectivity index (χ2v) is 5.48. The fraction of sp³-hybridized carbons (Fsp3) is 0.571. The Hall–Kier alpha value is -1.56. The van der Waals surface area contributed by atoms with E-state index in [1.807, 2.05) is 24.0 Å². The van der Waals surface area contributed by atoms with Gasteiger partial charge in [-0.15, -0.1) is 12.4 Å². The van der Waals surface area contributed by atoms with Gasteiger partial charge in [-0.2, -0.15) is 14.6 Å². The van der Waals surface area contributed by atoms with Crippen molar-refractivity contribution in [1.29, 1.82) is 0 Å². The maximum atomic E-state index is 13.8. The molecule has 7 heteroatoms. The minimum absolute atomic E-state index is 0. The van der Waals surface area contributed by atoms with Crippen molar-refractivity contribution < 1.29 is 4.39 Å². The molecule has 0 saturated heterocycles. The molecule has 0 radical (unpaired) electrons. The third kappa shape index (κ3) is 3.20. The topological polar surface area (TPSA) is 47.7 Å². The predicted molar refractivity (Wildman–Crippen MR) is 82.2 cm³/mol. The van der Waals surface area contributed by atoms with Crippen molar-refractivity contribution in [1.82, 2.24) is 19.6 Å². The zero-order valence-electron chi connectivity index (χ0n) is 12.3. The molecule has 0 aliphatic heterocycles. The normalized spacial score (nSPS) is 15.2. The van der Waals surface area contributed by atoms with Gasteiger partial charge in [0.2, 0.25) is 5.95 Å². The molecular formula is C14H21ClFN5. The molecule has 2 heterocycles. The molecule has 0 atom stereocenters. The van der Waals surface area contributed by atoms with E-state index in [0.717, 1.165) is 11.4 Å². The first-order valence-electron chi connectivity index (χ1n) is 7.11. The molecular weight excluding hydrogens is 293 g/mol. The molecule has 0 bridgehead atoms. The van der Waals surface area contributed by atoms with Gasteiger partial charge in [-0.3, -0.25) is 4.68 Å². The predicted octanol–water partition coefficient (Wildman–Crippen LogP) is 3.21. The van der Waals surface area contributed by atoms with Crippen LogP contribution in [0.2, 0.25) is 0 Å². The van der Waals surface area contributed by atoms with Crippen LogP contribution in [0, 0.1) is 12.9 Å². The van der Waals surface area contributed by atoms with E-state index in [4.69, 9.17) is 0 Å². The Labute approximate surface area is 129 Å². The molecule has 1 N–H and O–H groups in total. The summed E-state index contributed by atoms with van der Waals surface area (Å²) in [5.74, 6) is -0.279. The minimum atomic E-state index is -0.279. The van der Waals surface area contributed by atoms with Crippen molar-refractivity contribution >= 4 is 18.1 Å². The Morgan fingerprint density at radius 1 is 1.38 bits per heavy atom. The summed E-state index contributed by atoms with van der Waals surface area (Å²) in [5, 5.41) is 11.7. The maximum Gasteiger partial charge on any atom is 0.216 e. The molecule has 0 amide bonds. The van der Waals surface area contributed by atoms with Crippen LogP contribution in [0.1, 0.15) is 43.0 Å². The summed E-state index contributed by atoms with van der Waals surface area (Å²) in [4.78, 5) is 0. The van der Waals surface area contributed by atoms with Gasteiger partial charge in [0.1, 0.15) is 0 Å². The van der Waals surface area contributed by atoms with Crippen LogP contribution in [-0.2, 0) is 13.6 Å². The van der Waals surface area contributed by atoms with Gasteiger partial charge < -0.3 is 5.32 Å². The van der Waals surface area contributed by atoms with Gasteiger partial charge in [0.15, 0.2) is 0 Å². The van der Waals surface area contributed by atoms with Crippen molar-refractivity contribution in [3.05, 3.63) is 29.6 Å². The van der Waals surface area contributed by atoms with E-state index in [1.165, 1.54) is 30.4 Å². The molecule has 1 fully saturated rings. The van der Waals surface area contributed by atoms with Gasteiger partial charge in [0.25, 0.3) is 0 Å². The maximum absolute atomic E-state index is 13.8. The van der Waals surface area contributed by atoms with Crippen LogP contribution in [0.25, 0.3) is 0 Å². The highest BCUT2D eigenvalue weighted by molar-refractivity contribution is 5.85. The SMILES string of the molecule is Cc1nn(C)c(F)c1CNc1cnn(C2CCCC2)c1.Cl. The van der Waals surface area contributed by atoms with Gasteiger partial charge in [0.05, 0.1) is 23.6 Å². The van der Waals surface area contributed by atoms with Crippen LogP contribution in [0.3, 0.4) is 0 Å². The standard InChI is InChI=1S/C14H20FN5.ClH/c1-10-13(14(15)19(2)18-10)8-16-11-7-17-20(9-11)12-5-3-4-6-12;/h7,9,12,16H,3-6,8H2,1-2H3;1H. The van der Waals surface area contributed by atoms with Crippen LogP contribution in [0.4, 0.5) is 10.1 Å². The molecule has 0 unspecified atom stereocenters. The second kappa shape index (κ2) is 6.47. The first-order chi connectivity index (χ1) is 9.65. The Morgan fingerprint density at radius 2 is 2.10 bits per heavy atom. The van der Waals surface area contributed by atoms with Crippen molar-refractivity contribution in [3.63, 3.8) is 0 Å². The summed E-state index contributed by atoms with van der Waals surface area (Å²) in [6, 6.07) is 0.530. The summed E-state index contributed by atoms with van der Waals surface area (Å²) in [7, 11) is 1.62. The quantitative estimate of drug-likeness (QED) is 0.943. The highest BCUT2D eigenvalue weighted by atomic mass is 35.5. The van der Waals surface area contributed by atoms with Gasteiger partial charge >= 0.3 is 0 Å². The Kier molecular flexibility index (Phi) is 4.88. The number of hydrogen-bond donors (Lipinski definition) is 1. The third-order valence-electron chi connectivity index (χ3n) is 4.04. The molecule has 1 saturated carbocycles. The second-order valence-electron chi connectivity index (χ2n) is 5.48. The van der Waals surface area contributed by atoms with E-state index < -0.39 is 0 Å². The molecule has 3 rings (SSSR count). The summed E-state index contributed by atoms with van der Waals surface area (Å²) in [6.45, 7) is 2.25. The molecule has 5 nitrogen and oxygen atoms in total. The zero-order valence-corrected chi connectivity index (χ0v) is 13.2. The fourth-order valence-corrected chi connectivity index (χ4v) is 2.86. The molecule has 116 valence electrons. The molecule has 0 spiro atoms. The number of aromatic nitrogens is 4. The largest absolute Gasteiger partial charge is 0.378 e. The van der Waals surface area contributed by atoms with Crippen molar-refractivity contribution in [2.45, 2.75) is 45.2 Å². The van der Waals surface area contributed by atoms with Gasteiger partial charge in [-0.1, -0.05) is 12.8 Å². The average molecular weight is 314 g/mol. The van der Waals surface area contributed by atoms with E-state index >= 15 is 0 Å². The molecule has 1 aliphatic rings. The van der Waals surface area contributed by atoms with Crippen molar-refractivity contribution in [3.8, 4) is 0 Å². The van der Waals surface area contributed by atoms with Crippen LogP contribution in [0.5, 0.6) is 0 Å². The van der Waals surface area contributed by atoms with E-state index in [0.29, 0.717) is 18.2 Å². The fourth-order valence-electron chi connectivity index (χ4n) is 2.86. The first kappa shape index (κ1) is 15.8. The van der Waals surface area contributed by atoms with Crippen LogP contribution < -0.4 is 5.32 Å². The van der Waals surface area contributed by atoms with E-state index in [2.05, 4.69) is 15.5 Å². The lowest BCUT2D eigenvalue weighted by molar-refractivity contribution is 0.467. The Bertz CT molecular complexity index is 601. The highest BCUT2D eigenvalue weighted by Crippen LogP contribution is 2.29. The van der Waals surface area contributed by atoms with Crippen molar-refractivity contribution in [2.24, 2.45) is 7.05 Å². The molecule has 2 aromatic rings. The Balaban J connectivity index is 0.00000161. The lowest BCUT2D eigenvalue weighted by atomic mass is 10.2.